The molecular formula is C14H14N4O2S. The van der Waals surface area contributed by atoms with Gasteiger partial charge in [0, 0.05) is 6.61 Å². The Kier molecular flexibility index (Phi) is 2.90. The Balaban J connectivity index is 1.80. The van der Waals surface area contributed by atoms with Crippen molar-refractivity contribution in [2.75, 3.05) is 6.61 Å². The highest BCUT2D eigenvalue weighted by Crippen LogP contribution is 2.34. The molecule has 1 saturated heterocycles. The number of hydrogen-bond donors (Lipinski definition) is 1. The van der Waals surface area contributed by atoms with Crippen molar-refractivity contribution in [2.45, 2.75) is 25.9 Å². The van der Waals surface area contributed by atoms with Crippen molar-refractivity contribution in [3.05, 3.63) is 29.6 Å². The lowest BCUT2D eigenvalue weighted by atomic mass is 10.1. The number of phenolic OH excluding ortho intramolecular Hbond substituents is 1. The van der Waals surface area contributed by atoms with Gasteiger partial charge in [-0.3, -0.25) is 0 Å². The number of fused-ring (bicyclic) bond motifs is 1. The van der Waals surface area contributed by atoms with Crippen LogP contribution in [0.4, 0.5) is 0 Å². The molecule has 1 unspecified atom stereocenters. The van der Waals surface area contributed by atoms with Gasteiger partial charge in [-0.05, 0) is 37.5 Å². The van der Waals surface area contributed by atoms with Crippen molar-refractivity contribution in [1.29, 1.82) is 0 Å². The molecule has 4 rings (SSSR count). The first-order chi connectivity index (χ1) is 10.2. The van der Waals surface area contributed by atoms with Crippen molar-refractivity contribution < 1.29 is 9.84 Å². The van der Waals surface area contributed by atoms with Crippen molar-refractivity contribution in [2.24, 2.45) is 0 Å². The minimum Gasteiger partial charge on any atom is -0.507 e. The topological polar surface area (TPSA) is 72.5 Å². The third kappa shape index (κ3) is 2.09. The molecule has 6 nitrogen and oxygen atoms in total. The Bertz CT molecular complexity index is 805. The van der Waals surface area contributed by atoms with Crippen LogP contribution < -0.4 is 0 Å². The zero-order valence-electron chi connectivity index (χ0n) is 11.5. The van der Waals surface area contributed by atoms with Crippen LogP contribution in [0.15, 0.2) is 18.2 Å². The lowest BCUT2D eigenvalue weighted by molar-refractivity contribution is 0.103. The lowest BCUT2D eigenvalue weighted by Gasteiger charge is -2.04. The van der Waals surface area contributed by atoms with E-state index in [1.54, 1.807) is 10.6 Å². The second-order valence-electron chi connectivity index (χ2n) is 5.18. The molecule has 0 aliphatic carbocycles. The number of hydrogen-bond acceptors (Lipinski definition) is 6. The van der Waals surface area contributed by atoms with E-state index in [1.807, 2.05) is 19.1 Å². The molecule has 1 N–H and O–H groups in total. The largest absolute Gasteiger partial charge is 0.507 e. The summed E-state index contributed by atoms with van der Waals surface area (Å²) >= 11 is 1.41. The van der Waals surface area contributed by atoms with Gasteiger partial charge in [0.15, 0.2) is 10.8 Å². The highest BCUT2D eigenvalue weighted by atomic mass is 32.1. The molecule has 0 amide bonds. The minimum atomic E-state index is -0.0263. The van der Waals surface area contributed by atoms with Crippen LogP contribution >= 0.6 is 11.3 Å². The number of nitrogens with zero attached hydrogens (tertiary/aromatic N) is 4. The van der Waals surface area contributed by atoms with E-state index in [1.165, 1.54) is 11.3 Å². The van der Waals surface area contributed by atoms with E-state index in [4.69, 9.17) is 4.74 Å². The van der Waals surface area contributed by atoms with E-state index >= 15 is 0 Å². The molecule has 0 saturated carbocycles. The van der Waals surface area contributed by atoms with Gasteiger partial charge in [-0.25, -0.2) is 0 Å². The molecule has 108 valence electrons. The maximum atomic E-state index is 10.1. The molecule has 0 radical (unpaired) electrons. The van der Waals surface area contributed by atoms with Crippen molar-refractivity contribution in [3.8, 4) is 16.3 Å². The number of ether oxygens (including phenoxy) is 1. The maximum absolute atomic E-state index is 10.1. The molecule has 0 spiro atoms. The predicted octanol–water partition coefficient (Wildman–Crippen LogP) is 2.72. The van der Waals surface area contributed by atoms with E-state index < -0.39 is 0 Å². The number of phenols is 1. The average Bonchev–Trinajstić information content (AvgIpc) is 3.13. The molecule has 21 heavy (non-hydrogen) atoms. The van der Waals surface area contributed by atoms with E-state index in [-0.39, 0.29) is 11.9 Å². The predicted molar refractivity (Wildman–Crippen MR) is 78.4 cm³/mol. The minimum absolute atomic E-state index is 0.0263. The van der Waals surface area contributed by atoms with Crippen LogP contribution in [0, 0.1) is 6.92 Å². The molecule has 1 aliphatic heterocycles. The summed E-state index contributed by atoms with van der Waals surface area (Å²) in [6, 6.07) is 5.57. The summed E-state index contributed by atoms with van der Waals surface area (Å²) in [5.74, 6) is 0.982. The van der Waals surface area contributed by atoms with Gasteiger partial charge in [-0.15, -0.1) is 10.2 Å². The SMILES string of the molecule is Cc1ccc(-c2nn3c(C4CCCO4)nnc3s2)c(O)c1. The number of rotatable bonds is 2. The second-order valence-corrected chi connectivity index (χ2v) is 6.14. The second kappa shape index (κ2) is 4.78. The maximum Gasteiger partial charge on any atom is 0.235 e. The number of aromatic nitrogens is 4. The third-order valence-corrected chi connectivity index (χ3v) is 4.55. The van der Waals surface area contributed by atoms with Crippen LogP contribution in [0.1, 0.15) is 30.3 Å². The zero-order valence-corrected chi connectivity index (χ0v) is 12.3. The Morgan fingerprint density at radius 3 is 3.05 bits per heavy atom. The van der Waals surface area contributed by atoms with Crippen LogP contribution in [0.3, 0.4) is 0 Å². The molecule has 2 aromatic heterocycles. The molecule has 3 heterocycles. The Morgan fingerprint density at radius 2 is 2.29 bits per heavy atom. The molecule has 1 aliphatic rings. The Morgan fingerprint density at radius 1 is 1.38 bits per heavy atom. The van der Waals surface area contributed by atoms with Crippen LogP contribution in [0.25, 0.3) is 15.5 Å². The quantitative estimate of drug-likeness (QED) is 0.788. The number of aryl methyl sites for hydroxylation is 1. The van der Waals surface area contributed by atoms with Gasteiger partial charge in [-0.2, -0.15) is 9.61 Å². The molecule has 1 aromatic carbocycles. The number of benzene rings is 1. The fraction of sp³-hybridized carbons (Fsp3) is 0.357. The van der Waals surface area contributed by atoms with Gasteiger partial charge in [0.2, 0.25) is 4.96 Å². The van der Waals surface area contributed by atoms with E-state index in [0.29, 0.717) is 0 Å². The molecular weight excluding hydrogens is 288 g/mol. The van der Waals surface area contributed by atoms with Gasteiger partial charge < -0.3 is 9.84 Å². The Labute approximate surface area is 125 Å². The molecule has 1 atom stereocenters. The van der Waals surface area contributed by atoms with Crippen molar-refractivity contribution in [1.82, 2.24) is 19.8 Å². The standard InChI is InChI=1S/C14H14N4O2S/c1-8-4-5-9(10(19)7-8)13-17-18-12(11-3-2-6-20-11)15-16-14(18)21-13/h4-5,7,11,19H,2-3,6H2,1H3. The lowest BCUT2D eigenvalue weighted by Crippen LogP contribution is -2.03. The van der Waals surface area contributed by atoms with Gasteiger partial charge >= 0.3 is 0 Å². The van der Waals surface area contributed by atoms with Crippen LogP contribution in [-0.2, 0) is 4.74 Å². The van der Waals surface area contributed by atoms with Crippen LogP contribution in [0.5, 0.6) is 5.75 Å². The van der Waals surface area contributed by atoms with Gasteiger partial charge in [0.05, 0.1) is 5.56 Å². The highest BCUT2D eigenvalue weighted by molar-refractivity contribution is 7.19. The smallest absolute Gasteiger partial charge is 0.235 e. The average molecular weight is 302 g/mol. The molecule has 0 bridgehead atoms. The zero-order chi connectivity index (χ0) is 14.4. The summed E-state index contributed by atoms with van der Waals surface area (Å²) in [5, 5.41) is 23.7. The van der Waals surface area contributed by atoms with E-state index in [2.05, 4.69) is 15.3 Å². The van der Waals surface area contributed by atoms with E-state index in [9.17, 15) is 5.11 Å². The monoisotopic (exact) mass is 302 g/mol. The normalized spacial score (nSPS) is 18.6. The first-order valence-corrected chi connectivity index (χ1v) is 7.68. The molecule has 3 aromatic rings. The summed E-state index contributed by atoms with van der Waals surface area (Å²) in [4.78, 5) is 0.718. The number of aromatic hydroxyl groups is 1. The Hall–Kier alpha value is -1.99. The molecule has 7 heteroatoms. The van der Waals surface area contributed by atoms with Crippen LogP contribution in [0.2, 0.25) is 0 Å². The fourth-order valence-corrected chi connectivity index (χ4v) is 3.43. The summed E-state index contributed by atoms with van der Waals surface area (Å²) in [7, 11) is 0. The van der Waals surface area contributed by atoms with Crippen molar-refractivity contribution >= 4 is 16.3 Å². The van der Waals surface area contributed by atoms with Gasteiger partial charge in [0.25, 0.3) is 0 Å². The highest BCUT2D eigenvalue weighted by Gasteiger charge is 2.25. The molecule has 1 fully saturated rings. The van der Waals surface area contributed by atoms with E-state index in [0.717, 1.165) is 46.4 Å². The first kappa shape index (κ1) is 12.7. The summed E-state index contributed by atoms with van der Waals surface area (Å²) in [6.07, 6.45) is 1.96. The fourth-order valence-electron chi connectivity index (χ4n) is 2.55. The third-order valence-electron chi connectivity index (χ3n) is 3.62. The van der Waals surface area contributed by atoms with Crippen molar-refractivity contribution in [3.63, 3.8) is 0 Å². The van der Waals surface area contributed by atoms with Crippen LogP contribution in [-0.4, -0.2) is 31.5 Å². The summed E-state index contributed by atoms with van der Waals surface area (Å²) in [6.45, 7) is 2.70. The van der Waals surface area contributed by atoms with Gasteiger partial charge in [0.1, 0.15) is 11.9 Å². The van der Waals surface area contributed by atoms with Gasteiger partial charge in [-0.1, -0.05) is 17.4 Å². The summed E-state index contributed by atoms with van der Waals surface area (Å²) < 4.78 is 7.38. The summed E-state index contributed by atoms with van der Waals surface area (Å²) in [5.41, 5.74) is 1.73. The first-order valence-electron chi connectivity index (χ1n) is 6.86.